The maximum atomic E-state index is 11.9. The van der Waals surface area contributed by atoms with Gasteiger partial charge in [0, 0.05) is 24.2 Å². The van der Waals surface area contributed by atoms with Crippen molar-refractivity contribution in [2.75, 3.05) is 0 Å². The minimum atomic E-state index is -0.133. The van der Waals surface area contributed by atoms with Gasteiger partial charge < -0.3 is 5.32 Å². The van der Waals surface area contributed by atoms with Crippen LogP contribution in [0.1, 0.15) is 44.7 Å². The molecule has 0 fully saturated rings. The van der Waals surface area contributed by atoms with Crippen LogP contribution in [0.3, 0.4) is 0 Å². The van der Waals surface area contributed by atoms with Crippen LogP contribution in [0.15, 0.2) is 48.2 Å². The molecule has 22 heavy (non-hydrogen) atoms. The molecule has 0 heterocycles. The second-order valence-corrected chi connectivity index (χ2v) is 5.31. The highest BCUT2D eigenvalue weighted by atomic mass is 16.1. The maximum Gasteiger partial charge on any atom is 0.181 e. The minimum absolute atomic E-state index is 0.0446. The fourth-order valence-electron chi connectivity index (χ4n) is 2.17. The number of ketones is 1. The van der Waals surface area contributed by atoms with E-state index in [9.17, 15) is 4.79 Å². The van der Waals surface area contributed by atoms with Gasteiger partial charge in [-0.15, -0.1) is 0 Å². The average Bonchev–Trinajstić information content (AvgIpc) is 2.54. The van der Waals surface area contributed by atoms with E-state index in [4.69, 9.17) is 5.41 Å². The summed E-state index contributed by atoms with van der Waals surface area (Å²) in [4.78, 5) is 11.9. The van der Waals surface area contributed by atoms with E-state index in [-0.39, 0.29) is 11.5 Å². The first kappa shape index (κ1) is 17.9. The van der Waals surface area contributed by atoms with Crippen molar-refractivity contribution < 1.29 is 4.79 Å². The number of carbonyl (C=O) groups is 1. The third-order valence-corrected chi connectivity index (χ3v) is 3.62. The zero-order valence-electron chi connectivity index (χ0n) is 13.8. The van der Waals surface area contributed by atoms with Crippen molar-refractivity contribution in [1.82, 2.24) is 5.32 Å². The van der Waals surface area contributed by atoms with Gasteiger partial charge in [0.1, 0.15) is 5.71 Å². The Morgan fingerprint density at radius 2 is 1.82 bits per heavy atom. The van der Waals surface area contributed by atoms with Gasteiger partial charge in [-0.3, -0.25) is 10.2 Å². The van der Waals surface area contributed by atoms with Crippen LogP contribution in [0.5, 0.6) is 0 Å². The Bertz CT molecular complexity index is 568. The highest BCUT2D eigenvalue weighted by Gasteiger charge is 2.13. The third kappa shape index (κ3) is 4.99. The van der Waals surface area contributed by atoms with Crippen LogP contribution in [-0.4, -0.2) is 11.5 Å². The fraction of sp³-hybridized carbons (Fsp3) is 0.368. The smallest absolute Gasteiger partial charge is 0.181 e. The van der Waals surface area contributed by atoms with E-state index in [1.54, 1.807) is 6.08 Å². The van der Waals surface area contributed by atoms with Crippen molar-refractivity contribution in [2.24, 2.45) is 0 Å². The Labute approximate surface area is 133 Å². The van der Waals surface area contributed by atoms with Crippen molar-refractivity contribution in [2.45, 2.75) is 46.6 Å². The monoisotopic (exact) mass is 298 g/mol. The van der Waals surface area contributed by atoms with Crippen LogP contribution >= 0.6 is 0 Å². The molecule has 0 aromatic heterocycles. The SMILES string of the molecule is C=C/C(C(=N)C(=O)CCC)=C(\C)NCc1ccc(CC)cc1. The first-order chi connectivity index (χ1) is 10.5. The molecule has 0 aliphatic carbocycles. The number of hydrogen-bond donors (Lipinski definition) is 2. The van der Waals surface area contributed by atoms with Crippen molar-refractivity contribution in [1.29, 1.82) is 5.41 Å². The Hall–Kier alpha value is -2.16. The molecule has 1 rings (SSSR count). The van der Waals surface area contributed by atoms with Gasteiger partial charge in [-0.2, -0.15) is 0 Å². The predicted octanol–water partition coefficient (Wildman–Crippen LogP) is 4.19. The van der Waals surface area contributed by atoms with Gasteiger partial charge >= 0.3 is 0 Å². The Morgan fingerprint density at radius 1 is 1.23 bits per heavy atom. The number of aryl methyl sites for hydroxylation is 1. The molecule has 0 aliphatic rings. The maximum absolute atomic E-state index is 11.9. The van der Waals surface area contributed by atoms with Crippen molar-refractivity contribution in [3.05, 3.63) is 59.3 Å². The lowest BCUT2D eigenvalue weighted by molar-refractivity contribution is -0.113. The Balaban J connectivity index is 2.77. The second-order valence-electron chi connectivity index (χ2n) is 5.31. The average molecular weight is 298 g/mol. The molecular weight excluding hydrogens is 272 g/mol. The molecule has 0 unspecified atom stereocenters. The normalized spacial score (nSPS) is 11.6. The van der Waals surface area contributed by atoms with Gasteiger partial charge in [-0.25, -0.2) is 0 Å². The first-order valence-electron chi connectivity index (χ1n) is 7.80. The van der Waals surface area contributed by atoms with Gasteiger partial charge in [0.2, 0.25) is 0 Å². The van der Waals surface area contributed by atoms with Crippen molar-refractivity contribution >= 4 is 11.5 Å². The molecule has 0 spiro atoms. The number of benzene rings is 1. The van der Waals surface area contributed by atoms with E-state index in [2.05, 4.69) is 43.1 Å². The molecule has 3 heteroatoms. The summed E-state index contributed by atoms with van der Waals surface area (Å²) in [6.07, 6.45) is 3.77. The van der Waals surface area contributed by atoms with E-state index in [0.29, 0.717) is 18.5 Å². The quantitative estimate of drug-likeness (QED) is 0.530. The van der Waals surface area contributed by atoms with Gasteiger partial charge in [0.25, 0.3) is 0 Å². The molecule has 2 N–H and O–H groups in total. The summed E-state index contributed by atoms with van der Waals surface area (Å²) < 4.78 is 0. The number of rotatable bonds is 9. The molecule has 0 bridgehead atoms. The second kappa shape index (κ2) is 8.98. The van der Waals surface area contributed by atoms with Crippen LogP contribution in [-0.2, 0) is 17.8 Å². The number of carbonyl (C=O) groups excluding carboxylic acids is 1. The zero-order valence-corrected chi connectivity index (χ0v) is 13.8. The number of nitrogens with one attached hydrogen (secondary N) is 2. The van der Waals surface area contributed by atoms with E-state index in [0.717, 1.165) is 18.5 Å². The van der Waals surface area contributed by atoms with Gasteiger partial charge in [0.15, 0.2) is 5.78 Å². The molecule has 0 saturated carbocycles. The Kier molecular flexibility index (Phi) is 7.30. The summed E-state index contributed by atoms with van der Waals surface area (Å²) in [5.74, 6) is -0.133. The molecule has 118 valence electrons. The van der Waals surface area contributed by atoms with Crippen LogP contribution < -0.4 is 5.32 Å². The van der Waals surface area contributed by atoms with Crippen molar-refractivity contribution in [3.63, 3.8) is 0 Å². The molecule has 0 amide bonds. The summed E-state index contributed by atoms with van der Waals surface area (Å²) in [5, 5.41) is 11.3. The summed E-state index contributed by atoms with van der Waals surface area (Å²) >= 11 is 0. The lowest BCUT2D eigenvalue weighted by atomic mass is 10.0. The van der Waals surface area contributed by atoms with Crippen LogP contribution in [0.4, 0.5) is 0 Å². The van der Waals surface area contributed by atoms with E-state index >= 15 is 0 Å². The first-order valence-corrected chi connectivity index (χ1v) is 7.80. The fourth-order valence-corrected chi connectivity index (χ4v) is 2.17. The van der Waals surface area contributed by atoms with Crippen molar-refractivity contribution in [3.8, 4) is 0 Å². The van der Waals surface area contributed by atoms with E-state index in [1.165, 1.54) is 11.1 Å². The summed E-state index contributed by atoms with van der Waals surface area (Å²) in [6.45, 7) is 10.4. The van der Waals surface area contributed by atoms with Gasteiger partial charge in [0.05, 0.1) is 0 Å². The summed E-state index contributed by atoms with van der Waals surface area (Å²) in [5.41, 5.74) is 3.93. The van der Waals surface area contributed by atoms with Crippen LogP contribution in [0, 0.1) is 5.41 Å². The minimum Gasteiger partial charge on any atom is -0.384 e. The lowest BCUT2D eigenvalue weighted by Gasteiger charge is -2.12. The molecule has 0 aliphatic heterocycles. The summed E-state index contributed by atoms with van der Waals surface area (Å²) in [7, 11) is 0. The third-order valence-electron chi connectivity index (χ3n) is 3.62. The number of hydrogen-bond acceptors (Lipinski definition) is 3. The lowest BCUT2D eigenvalue weighted by Crippen LogP contribution is -2.20. The molecule has 3 nitrogen and oxygen atoms in total. The molecule has 1 aromatic carbocycles. The number of Topliss-reactive ketones (excluding diaryl/α,β-unsaturated/α-hetero) is 1. The van der Waals surface area contributed by atoms with Gasteiger partial charge in [-0.1, -0.05) is 50.8 Å². The van der Waals surface area contributed by atoms with Gasteiger partial charge in [-0.05, 0) is 30.9 Å². The molecule has 0 radical (unpaired) electrons. The zero-order chi connectivity index (χ0) is 16.5. The molecular formula is C19H26N2O. The molecule has 0 saturated heterocycles. The molecule has 0 atom stereocenters. The number of allylic oxidation sites excluding steroid dienone is 3. The van der Waals surface area contributed by atoms with Crippen LogP contribution in [0.2, 0.25) is 0 Å². The predicted molar refractivity (Wildman–Crippen MR) is 93.2 cm³/mol. The standard InChI is InChI=1S/C19H26N2O/c1-5-8-18(22)19(20)17(7-3)14(4)21-13-16-11-9-15(6-2)10-12-16/h7,9-12,20-21H,3,5-6,8,13H2,1-2,4H3/b17-14-,20-19?. The summed E-state index contributed by atoms with van der Waals surface area (Å²) in [6, 6.07) is 8.44. The highest BCUT2D eigenvalue weighted by Crippen LogP contribution is 2.10. The largest absolute Gasteiger partial charge is 0.384 e. The Morgan fingerprint density at radius 3 is 2.32 bits per heavy atom. The highest BCUT2D eigenvalue weighted by molar-refractivity contribution is 6.45. The van der Waals surface area contributed by atoms with Crippen LogP contribution in [0.25, 0.3) is 0 Å². The topological polar surface area (TPSA) is 53.0 Å². The molecule has 1 aromatic rings. The van der Waals surface area contributed by atoms with E-state index in [1.807, 2.05) is 13.8 Å². The van der Waals surface area contributed by atoms with E-state index < -0.39 is 0 Å².